The highest BCUT2D eigenvalue weighted by atomic mass is 16.5. The van der Waals surface area contributed by atoms with E-state index in [-0.39, 0.29) is 23.4 Å². The summed E-state index contributed by atoms with van der Waals surface area (Å²) >= 11 is 0. The molecule has 8 atom stereocenters. The zero-order valence-corrected chi connectivity index (χ0v) is 21.6. The van der Waals surface area contributed by atoms with E-state index < -0.39 is 28.8 Å². The average Bonchev–Trinajstić information content (AvgIpc) is 3.52. The standard InChI is InChI=1S/C29H34N4O4/c1-26-8-9-27(15-30)13-18-23(34)24(35)20(33(2)3)14-28(18)10-11-29(27,37-28)22(26)7-5-17(26)16-4-6-21-19(12-16)32-25(31)36-21/h4-6,12-13,20,22-24,34-35H,7-11,14H2,1-3H3,(H2,31,32). The lowest BCUT2D eigenvalue weighted by atomic mass is 9.49. The fourth-order valence-corrected chi connectivity index (χ4v) is 8.80. The van der Waals surface area contributed by atoms with Crippen molar-refractivity contribution >= 4 is 22.7 Å². The summed E-state index contributed by atoms with van der Waals surface area (Å²) < 4.78 is 12.7. The number of aromatic nitrogens is 1. The maximum absolute atomic E-state index is 11.3. The number of fused-ring (bicyclic) bond motifs is 2. The smallest absolute Gasteiger partial charge is 0.292 e. The monoisotopic (exact) mass is 502 g/mol. The van der Waals surface area contributed by atoms with Gasteiger partial charge in [0.25, 0.3) is 6.01 Å². The van der Waals surface area contributed by atoms with Gasteiger partial charge in [-0.2, -0.15) is 10.2 Å². The van der Waals surface area contributed by atoms with E-state index in [1.54, 1.807) is 0 Å². The lowest BCUT2D eigenvalue weighted by molar-refractivity contribution is -0.223. The molecule has 8 unspecified atom stereocenters. The van der Waals surface area contributed by atoms with Gasteiger partial charge in [-0.05, 0) is 86.9 Å². The minimum Gasteiger partial charge on any atom is -0.424 e. The van der Waals surface area contributed by atoms with E-state index in [0.29, 0.717) is 18.4 Å². The van der Waals surface area contributed by atoms with Crippen molar-refractivity contribution in [1.82, 2.24) is 9.88 Å². The minimum absolute atomic E-state index is 0.125. The Morgan fingerprint density at radius 2 is 2.00 bits per heavy atom. The van der Waals surface area contributed by atoms with Crippen molar-refractivity contribution in [3.63, 3.8) is 0 Å². The summed E-state index contributed by atoms with van der Waals surface area (Å²) in [5, 5.41) is 32.9. The third-order valence-electron chi connectivity index (χ3n) is 10.7. The number of anilines is 1. The van der Waals surface area contributed by atoms with Crippen LogP contribution >= 0.6 is 0 Å². The molecule has 2 saturated carbocycles. The van der Waals surface area contributed by atoms with Crippen LogP contribution in [-0.4, -0.2) is 63.6 Å². The number of benzene rings is 1. The first-order valence-corrected chi connectivity index (χ1v) is 13.3. The average molecular weight is 503 g/mol. The van der Waals surface area contributed by atoms with E-state index in [0.717, 1.165) is 42.3 Å². The number of hydrogen-bond donors (Lipinski definition) is 3. The van der Waals surface area contributed by atoms with Gasteiger partial charge in [0.15, 0.2) is 5.58 Å². The lowest BCUT2D eigenvalue weighted by Gasteiger charge is -2.61. The Kier molecular flexibility index (Phi) is 4.58. The van der Waals surface area contributed by atoms with Crippen LogP contribution in [0.15, 0.2) is 40.3 Å². The predicted octanol–water partition coefficient (Wildman–Crippen LogP) is 3.41. The molecule has 2 spiro atoms. The highest BCUT2D eigenvalue weighted by molar-refractivity contribution is 5.83. The number of oxazole rings is 1. The molecule has 4 N–H and O–H groups in total. The topological polar surface area (TPSA) is 129 Å². The Bertz CT molecular complexity index is 1420. The van der Waals surface area contributed by atoms with E-state index >= 15 is 0 Å². The van der Waals surface area contributed by atoms with Gasteiger partial charge in [-0.15, -0.1) is 0 Å². The first-order valence-electron chi connectivity index (χ1n) is 13.3. The normalized spacial score (nSPS) is 44.1. The summed E-state index contributed by atoms with van der Waals surface area (Å²) in [7, 11) is 3.87. The number of hydrogen-bond acceptors (Lipinski definition) is 8. The molecule has 8 nitrogen and oxygen atoms in total. The molecule has 194 valence electrons. The highest BCUT2D eigenvalue weighted by Crippen LogP contribution is 2.72. The zero-order valence-electron chi connectivity index (χ0n) is 21.6. The molecule has 2 aromatic rings. The largest absolute Gasteiger partial charge is 0.424 e. The van der Waals surface area contributed by atoms with Crippen molar-refractivity contribution in [2.24, 2.45) is 16.7 Å². The van der Waals surface area contributed by atoms with Crippen LogP contribution in [0.25, 0.3) is 16.7 Å². The third-order valence-corrected chi connectivity index (χ3v) is 10.7. The molecule has 1 aromatic carbocycles. The van der Waals surface area contributed by atoms with Crippen LogP contribution in [-0.2, 0) is 4.74 Å². The molecule has 7 rings (SSSR count). The Hall–Kier alpha value is -2.70. The maximum Gasteiger partial charge on any atom is 0.292 e. The second-order valence-corrected chi connectivity index (χ2v) is 12.4. The van der Waals surface area contributed by atoms with E-state index in [2.05, 4.69) is 36.2 Å². The van der Waals surface area contributed by atoms with Crippen LogP contribution in [0, 0.1) is 28.1 Å². The molecule has 37 heavy (non-hydrogen) atoms. The Labute approximate surface area is 216 Å². The second kappa shape index (κ2) is 7.23. The van der Waals surface area contributed by atoms with Crippen LogP contribution in [0.1, 0.15) is 51.0 Å². The number of rotatable bonds is 2. The number of nitrogen functional groups attached to an aromatic ring is 1. The van der Waals surface area contributed by atoms with Crippen molar-refractivity contribution in [2.75, 3.05) is 19.8 Å². The number of nitrogens with two attached hydrogens (primary N) is 1. The summed E-state index contributed by atoms with van der Waals surface area (Å²) in [6, 6.07) is 8.69. The summed E-state index contributed by atoms with van der Waals surface area (Å²) in [6.07, 6.45) is 6.85. The van der Waals surface area contributed by atoms with Gasteiger partial charge in [-0.3, -0.25) is 0 Å². The molecule has 2 bridgehead atoms. The fourth-order valence-electron chi connectivity index (χ4n) is 8.80. The first kappa shape index (κ1) is 23.4. The van der Waals surface area contributed by atoms with Gasteiger partial charge in [0, 0.05) is 12.0 Å². The van der Waals surface area contributed by atoms with Crippen LogP contribution in [0.2, 0.25) is 0 Å². The van der Waals surface area contributed by atoms with Crippen LogP contribution < -0.4 is 5.73 Å². The number of nitriles is 1. The van der Waals surface area contributed by atoms with Crippen LogP contribution in [0.5, 0.6) is 0 Å². The SMILES string of the molecule is CN(C)C1CC23CCC4(O2)C2CC=C(c5ccc6oc(N)nc6c5)C2(C)CCC4(C#N)C=C3C(O)C1O. The molecule has 8 heteroatoms. The number of ether oxygens (including phenoxy) is 1. The van der Waals surface area contributed by atoms with E-state index in [4.69, 9.17) is 14.9 Å². The van der Waals surface area contributed by atoms with E-state index in [1.165, 1.54) is 5.57 Å². The van der Waals surface area contributed by atoms with Gasteiger partial charge in [-0.1, -0.05) is 25.1 Å². The highest BCUT2D eigenvalue weighted by Gasteiger charge is 2.74. The van der Waals surface area contributed by atoms with Crippen molar-refractivity contribution in [3.05, 3.63) is 41.5 Å². The first-order chi connectivity index (χ1) is 17.6. The maximum atomic E-state index is 11.3. The summed E-state index contributed by atoms with van der Waals surface area (Å²) in [5.41, 5.74) is 8.01. The number of aliphatic hydroxyl groups is 2. The van der Waals surface area contributed by atoms with Crippen LogP contribution in [0.3, 0.4) is 0 Å². The molecule has 5 aliphatic rings. The summed E-state index contributed by atoms with van der Waals surface area (Å²) in [4.78, 5) is 6.32. The quantitative estimate of drug-likeness (QED) is 0.533. The number of nitrogens with zero attached hydrogens (tertiary/aromatic N) is 3. The summed E-state index contributed by atoms with van der Waals surface area (Å²) in [6.45, 7) is 2.32. The number of aliphatic hydroxyl groups excluding tert-OH is 2. The zero-order chi connectivity index (χ0) is 26.0. The van der Waals surface area contributed by atoms with E-state index in [9.17, 15) is 15.5 Å². The summed E-state index contributed by atoms with van der Waals surface area (Å²) in [5.74, 6) is 0.125. The molecule has 3 heterocycles. The van der Waals surface area contributed by atoms with Gasteiger partial charge in [0.2, 0.25) is 0 Å². The van der Waals surface area contributed by atoms with Crippen molar-refractivity contribution in [3.8, 4) is 6.07 Å². The Morgan fingerprint density at radius 1 is 1.19 bits per heavy atom. The molecule has 0 radical (unpaired) electrons. The fraction of sp³-hybridized carbons (Fsp3) is 0.586. The second-order valence-electron chi connectivity index (χ2n) is 12.4. The van der Waals surface area contributed by atoms with Gasteiger partial charge in [0.1, 0.15) is 17.0 Å². The van der Waals surface area contributed by atoms with Gasteiger partial charge in [-0.25, -0.2) is 0 Å². The van der Waals surface area contributed by atoms with Crippen molar-refractivity contribution in [2.45, 2.75) is 74.9 Å². The number of allylic oxidation sites excluding steroid dienone is 2. The molecular formula is C29H34N4O4. The predicted molar refractivity (Wildman–Crippen MR) is 138 cm³/mol. The van der Waals surface area contributed by atoms with Gasteiger partial charge < -0.3 is 30.0 Å². The molecule has 2 aliphatic heterocycles. The Morgan fingerprint density at radius 3 is 2.76 bits per heavy atom. The molecule has 3 aliphatic carbocycles. The van der Waals surface area contributed by atoms with Gasteiger partial charge >= 0.3 is 0 Å². The lowest BCUT2D eigenvalue weighted by Crippen LogP contribution is -2.66. The number of likely N-dealkylation sites (N-methyl/N-ethyl adjacent to an activating group) is 1. The minimum atomic E-state index is -1.03. The Balaban J connectivity index is 1.32. The van der Waals surface area contributed by atoms with Crippen molar-refractivity contribution in [1.29, 1.82) is 5.26 Å². The van der Waals surface area contributed by atoms with E-state index in [1.807, 2.05) is 31.1 Å². The van der Waals surface area contributed by atoms with Gasteiger partial charge in [0.05, 0.1) is 23.4 Å². The van der Waals surface area contributed by atoms with Crippen LogP contribution in [0.4, 0.5) is 6.01 Å². The molecule has 3 fully saturated rings. The molecule has 1 aromatic heterocycles. The molecule has 1 saturated heterocycles. The van der Waals surface area contributed by atoms with Crippen molar-refractivity contribution < 1.29 is 19.4 Å². The molecule has 0 amide bonds. The molecular weight excluding hydrogens is 468 g/mol. The third kappa shape index (κ3) is 2.73.